The van der Waals surface area contributed by atoms with E-state index in [0.29, 0.717) is 34.0 Å². The number of carboxylic acids is 1. The van der Waals surface area contributed by atoms with Crippen molar-refractivity contribution < 1.29 is 28.8 Å². The molecule has 2 amide bonds. The Balaban J connectivity index is 1.45. The summed E-state index contributed by atoms with van der Waals surface area (Å²) in [5.74, 6) is -2.40. The monoisotopic (exact) mass is 578 g/mol. The lowest BCUT2D eigenvalue weighted by Crippen LogP contribution is -2.71. The van der Waals surface area contributed by atoms with E-state index < -0.39 is 29.2 Å². The molecule has 16 heteroatoms. The first-order valence-corrected chi connectivity index (χ1v) is 14.0. The molecule has 38 heavy (non-hydrogen) atoms. The second-order valence-corrected chi connectivity index (χ2v) is 12.0. The van der Waals surface area contributed by atoms with Crippen molar-refractivity contribution in [3.8, 4) is 0 Å². The highest BCUT2D eigenvalue weighted by atomic mass is 32.2. The Kier molecular flexibility index (Phi) is 8.05. The fourth-order valence-corrected chi connectivity index (χ4v) is 6.46. The Morgan fingerprint density at radius 3 is 2.61 bits per heavy atom. The van der Waals surface area contributed by atoms with Crippen molar-refractivity contribution in [3.63, 3.8) is 0 Å². The van der Waals surface area contributed by atoms with Crippen LogP contribution in [0.25, 0.3) is 0 Å². The third-order valence-electron chi connectivity index (χ3n) is 5.72. The summed E-state index contributed by atoms with van der Waals surface area (Å²) < 4.78 is 0.566. The number of fused-ring (bicyclic) bond motifs is 1. The number of hydrogen-bond acceptors (Lipinski definition) is 13. The van der Waals surface area contributed by atoms with E-state index in [1.165, 1.54) is 30.2 Å². The number of quaternary nitrogens is 1. The van der Waals surface area contributed by atoms with Crippen molar-refractivity contribution in [2.24, 2.45) is 5.16 Å². The average Bonchev–Trinajstić information content (AvgIpc) is 3.46. The van der Waals surface area contributed by atoms with Crippen LogP contribution in [0, 0.1) is 0 Å². The number of thioether (sulfide) groups is 1. The Labute approximate surface area is 230 Å². The SMILES string of the molecule is CO/N=C(\C(=O)N[C@@H]1C(=O)N2C(C(=O)[O-])=C(/C=C/C[N+](C)(C)Cc3csc(N)n3)CS[C@H]12)c1csc(N)n1. The van der Waals surface area contributed by atoms with Crippen LogP contribution < -0.4 is 21.9 Å². The normalized spacial score (nSPS) is 19.9. The van der Waals surface area contributed by atoms with E-state index in [9.17, 15) is 19.5 Å². The number of aromatic nitrogens is 2. The van der Waals surface area contributed by atoms with Crippen molar-refractivity contribution in [1.29, 1.82) is 0 Å². The number of nitrogen functional groups attached to an aromatic ring is 2. The summed E-state index contributed by atoms with van der Waals surface area (Å²) in [7, 11) is 5.32. The highest BCUT2D eigenvalue weighted by Crippen LogP contribution is 2.40. The molecule has 2 aromatic heterocycles. The summed E-state index contributed by atoms with van der Waals surface area (Å²) in [6.45, 7) is 1.24. The van der Waals surface area contributed by atoms with Crippen LogP contribution in [0.5, 0.6) is 0 Å². The van der Waals surface area contributed by atoms with Gasteiger partial charge in [0.05, 0.1) is 32.3 Å². The maximum atomic E-state index is 13.0. The molecule has 4 rings (SSSR count). The largest absolute Gasteiger partial charge is 0.543 e. The van der Waals surface area contributed by atoms with Crippen LogP contribution in [0.2, 0.25) is 0 Å². The minimum atomic E-state index is -1.46. The van der Waals surface area contributed by atoms with Crippen molar-refractivity contribution in [2.75, 3.05) is 45.0 Å². The summed E-state index contributed by atoms with van der Waals surface area (Å²) in [4.78, 5) is 52.1. The number of rotatable bonds is 10. The maximum Gasteiger partial charge on any atom is 0.276 e. The number of oxime groups is 1. The molecule has 0 bridgehead atoms. The molecular formula is C22H26N8O5S3. The van der Waals surface area contributed by atoms with E-state index in [1.54, 1.807) is 11.5 Å². The van der Waals surface area contributed by atoms with Gasteiger partial charge in [-0.3, -0.25) is 14.5 Å². The molecule has 0 aromatic carbocycles. The van der Waals surface area contributed by atoms with Gasteiger partial charge in [0.2, 0.25) is 0 Å². The molecule has 4 heterocycles. The predicted octanol–water partition coefficient (Wildman–Crippen LogP) is -0.649. The molecule has 2 aliphatic rings. The first-order chi connectivity index (χ1) is 18.0. The average molecular weight is 579 g/mol. The molecule has 202 valence electrons. The second kappa shape index (κ2) is 11.1. The first kappa shape index (κ1) is 27.6. The third-order valence-corrected chi connectivity index (χ3v) is 8.42. The molecule has 1 fully saturated rings. The zero-order valence-electron chi connectivity index (χ0n) is 20.7. The fourth-order valence-electron chi connectivity index (χ4n) is 4.04. The third kappa shape index (κ3) is 5.82. The first-order valence-electron chi connectivity index (χ1n) is 11.2. The number of hydrogen-bond donors (Lipinski definition) is 3. The minimum Gasteiger partial charge on any atom is -0.543 e. The van der Waals surface area contributed by atoms with Gasteiger partial charge in [0.15, 0.2) is 16.0 Å². The number of carbonyl (C=O) groups excluding carboxylic acids is 3. The van der Waals surface area contributed by atoms with E-state index >= 15 is 0 Å². The zero-order valence-corrected chi connectivity index (χ0v) is 23.2. The number of anilines is 2. The van der Waals surface area contributed by atoms with E-state index in [-0.39, 0.29) is 22.2 Å². The standard InChI is InChI=1S/C22H26N8O5S3/c1-30(2,7-12-9-37-21(23)25-12)6-4-5-11-8-36-19-15(18(32)29(19)16(11)20(33)34)27-17(31)14(28-35-3)13-10-38-22(24)26-13/h4-5,9-10,15,19H,6-8H2,1-3H3,(H5-,23,24,25,26,27,31,33,34)/b5-4+,28-14-/t15-,19-/m1/s1. The number of aliphatic carboxylic acids is 1. The highest BCUT2D eigenvalue weighted by Gasteiger charge is 2.53. The molecule has 0 saturated carbocycles. The maximum absolute atomic E-state index is 13.0. The molecule has 0 unspecified atom stereocenters. The molecule has 1 saturated heterocycles. The fraction of sp³-hybridized carbons (Fsp3) is 0.364. The highest BCUT2D eigenvalue weighted by molar-refractivity contribution is 8.00. The summed E-state index contributed by atoms with van der Waals surface area (Å²) in [5, 5.41) is 22.0. The predicted molar refractivity (Wildman–Crippen MR) is 143 cm³/mol. The van der Waals surface area contributed by atoms with Gasteiger partial charge in [-0.15, -0.1) is 34.4 Å². The molecule has 0 spiro atoms. The van der Waals surface area contributed by atoms with Crippen LogP contribution in [-0.2, 0) is 25.8 Å². The summed E-state index contributed by atoms with van der Waals surface area (Å²) in [6, 6.07) is -0.952. The van der Waals surface area contributed by atoms with E-state index in [0.717, 1.165) is 21.9 Å². The van der Waals surface area contributed by atoms with Gasteiger partial charge < -0.3 is 36.0 Å². The molecule has 0 aliphatic carbocycles. The lowest BCUT2D eigenvalue weighted by molar-refractivity contribution is -0.898. The van der Waals surface area contributed by atoms with Gasteiger partial charge in [0.25, 0.3) is 11.8 Å². The topological polar surface area (TPSA) is 189 Å². The Hall–Kier alpha value is -3.47. The van der Waals surface area contributed by atoms with Crippen LogP contribution >= 0.6 is 34.4 Å². The Morgan fingerprint density at radius 1 is 1.29 bits per heavy atom. The van der Waals surface area contributed by atoms with Crippen LogP contribution in [0.15, 0.2) is 39.3 Å². The molecule has 2 aliphatic heterocycles. The van der Waals surface area contributed by atoms with Gasteiger partial charge >= 0.3 is 0 Å². The number of β-lactam (4-membered cyclic amide) rings is 1. The number of likely N-dealkylation sites (N-methyl/N-ethyl adjacent to an activating group) is 1. The summed E-state index contributed by atoms with van der Waals surface area (Å²) in [6.07, 6.45) is 3.57. The van der Waals surface area contributed by atoms with E-state index in [1.807, 2.05) is 25.6 Å². The van der Waals surface area contributed by atoms with Crippen LogP contribution in [0.1, 0.15) is 11.4 Å². The number of nitrogens with two attached hydrogens (primary N) is 2. The number of carboxylic acid groups (broad SMARTS) is 1. The number of nitrogens with zero attached hydrogens (tertiary/aromatic N) is 5. The van der Waals surface area contributed by atoms with Gasteiger partial charge in [0, 0.05) is 16.5 Å². The van der Waals surface area contributed by atoms with Gasteiger partial charge in [-0.25, -0.2) is 9.97 Å². The van der Waals surface area contributed by atoms with Crippen molar-refractivity contribution in [3.05, 3.63) is 45.6 Å². The van der Waals surface area contributed by atoms with Gasteiger partial charge in [-0.2, -0.15) is 0 Å². The number of carbonyl (C=O) groups is 3. The van der Waals surface area contributed by atoms with Crippen LogP contribution in [-0.4, -0.2) is 87.8 Å². The summed E-state index contributed by atoms with van der Waals surface area (Å²) >= 11 is 3.85. The van der Waals surface area contributed by atoms with Gasteiger partial charge in [-0.1, -0.05) is 11.2 Å². The lowest BCUT2D eigenvalue weighted by Gasteiger charge is -2.50. The molecule has 2 aromatic rings. The smallest absolute Gasteiger partial charge is 0.276 e. The van der Waals surface area contributed by atoms with Gasteiger partial charge in [-0.05, 0) is 11.6 Å². The summed E-state index contributed by atoms with van der Waals surface area (Å²) in [5.41, 5.74) is 12.6. The van der Waals surface area contributed by atoms with Crippen molar-refractivity contribution >= 4 is 68.2 Å². The number of amides is 2. The molecular weight excluding hydrogens is 552 g/mol. The zero-order chi connectivity index (χ0) is 27.6. The Morgan fingerprint density at radius 2 is 2.00 bits per heavy atom. The van der Waals surface area contributed by atoms with E-state index in [4.69, 9.17) is 16.3 Å². The van der Waals surface area contributed by atoms with Crippen LogP contribution in [0.3, 0.4) is 0 Å². The molecule has 5 N–H and O–H groups in total. The minimum absolute atomic E-state index is 0.145. The molecule has 0 radical (unpaired) electrons. The number of nitrogens with one attached hydrogen (secondary N) is 1. The van der Waals surface area contributed by atoms with Crippen molar-refractivity contribution in [1.82, 2.24) is 20.2 Å². The van der Waals surface area contributed by atoms with Crippen LogP contribution in [0.4, 0.5) is 10.3 Å². The number of thiazole rings is 2. The van der Waals surface area contributed by atoms with E-state index in [2.05, 4.69) is 20.4 Å². The molecule has 2 atom stereocenters. The number of allylic oxidation sites excluding steroid dienone is 1. The van der Waals surface area contributed by atoms with Crippen molar-refractivity contribution in [2.45, 2.75) is 18.0 Å². The van der Waals surface area contributed by atoms with Gasteiger partial charge in [0.1, 0.15) is 36.5 Å². The quantitative estimate of drug-likeness (QED) is 0.141. The second-order valence-electron chi connectivity index (χ2n) is 9.07. The Bertz CT molecular complexity index is 1350. The lowest BCUT2D eigenvalue weighted by atomic mass is 10.0. The molecule has 13 nitrogen and oxygen atoms in total.